The maximum absolute atomic E-state index is 13.8. The molecule has 0 amide bonds. The number of fused-ring (bicyclic) bond motifs is 2. The number of hydrogen-bond donors (Lipinski definition) is 3. The molecule has 18 heteroatoms. The van der Waals surface area contributed by atoms with Gasteiger partial charge < -0.3 is 14.9 Å². The molecule has 3 N–H and O–H groups in total. The van der Waals surface area contributed by atoms with Gasteiger partial charge in [-0.05, 0) is 48.3 Å². The second kappa shape index (κ2) is 12.6. The molecule has 268 valence electrons. The number of benzene rings is 2. The highest BCUT2D eigenvalue weighted by Gasteiger charge is 2.47. The van der Waals surface area contributed by atoms with Crippen LogP contribution in [0.15, 0.2) is 71.3 Å². The van der Waals surface area contributed by atoms with Crippen molar-refractivity contribution in [2.45, 2.75) is 51.4 Å². The van der Waals surface area contributed by atoms with Crippen molar-refractivity contribution in [3.63, 3.8) is 0 Å². The number of rotatable bonds is 12. The van der Waals surface area contributed by atoms with Gasteiger partial charge in [0.25, 0.3) is 31.6 Å². The zero-order valence-electron chi connectivity index (χ0n) is 27.6. The van der Waals surface area contributed by atoms with Crippen molar-refractivity contribution in [1.82, 2.24) is 0 Å². The van der Waals surface area contributed by atoms with Gasteiger partial charge in [-0.2, -0.15) is 16.8 Å². The van der Waals surface area contributed by atoms with Crippen LogP contribution in [0.4, 0.5) is 22.7 Å². The zero-order chi connectivity index (χ0) is 37.1. The predicted molar refractivity (Wildman–Crippen MR) is 183 cm³/mol. The van der Waals surface area contributed by atoms with Crippen molar-refractivity contribution in [1.29, 1.82) is 0 Å². The fraction of sp³-hybridized carbons (Fsp3) is 0.406. The molecule has 0 fully saturated rings. The van der Waals surface area contributed by atoms with Gasteiger partial charge in [0.05, 0.1) is 26.9 Å². The van der Waals surface area contributed by atoms with Crippen LogP contribution in [0.1, 0.15) is 51.7 Å². The summed E-state index contributed by atoms with van der Waals surface area (Å²) in [7, 11) is -8.58. The van der Waals surface area contributed by atoms with Crippen LogP contribution in [-0.4, -0.2) is 71.3 Å². The van der Waals surface area contributed by atoms with Crippen LogP contribution in [-0.2, 0) is 35.9 Å². The molecule has 1 unspecified atom stereocenters. The number of allylic oxidation sites excluding steroid dienone is 5. The number of aliphatic hydroxyl groups excluding tert-OH is 1. The predicted octanol–water partition coefficient (Wildman–Crippen LogP) is 4.73. The number of carbonyl (C=O) groups is 1. The van der Waals surface area contributed by atoms with Gasteiger partial charge in [-0.15, -0.1) is 0 Å². The molecule has 1 aliphatic carbocycles. The average Bonchev–Trinajstić information content (AvgIpc) is 3.34. The van der Waals surface area contributed by atoms with Crippen molar-refractivity contribution < 1.29 is 45.7 Å². The Balaban J connectivity index is 1.55. The van der Waals surface area contributed by atoms with E-state index in [-0.39, 0.29) is 48.6 Å². The molecule has 2 aliphatic heterocycles. The summed E-state index contributed by atoms with van der Waals surface area (Å²) in [6, 6.07) is 8.46. The molecule has 50 heavy (non-hydrogen) atoms. The van der Waals surface area contributed by atoms with Crippen molar-refractivity contribution in [3.8, 4) is 0 Å². The van der Waals surface area contributed by atoms with E-state index in [1.807, 2.05) is 0 Å². The van der Waals surface area contributed by atoms with Gasteiger partial charge >= 0.3 is 0 Å². The topological polar surface area (TPSA) is 239 Å². The van der Waals surface area contributed by atoms with E-state index in [0.29, 0.717) is 33.9 Å². The van der Waals surface area contributed by atoms with E-state index < -0.39 is 64.1 Å². The zero-order valence-corrected chi connectivity index (χ0v) is 29.2. The minimum atomic E-state index is -4.29. The summed E-state index contributed by atoms with van der Waals surface area (Å²) in [6.07, 6.45) is 2.97. The summed E-state index contributed by atoms with van der Waals surface area (Å²) in [6.45, 7) is 7.22. The van der Waals surface area contributed by atoms with Gasteiger partial charge in [0.15, 0.2) is 5.78 Å². The molecule has 0 saturated carbocycles. The molecule has 2 heterocycles. The van der Waals surface area contributed by atoms with Crippen molar-refractivity contribution in [2.24, 2.45) is 5.92 Å². The minimum absolute atomic E-state index is 0.0122. The minimum Gasteiger partial charge on any atom is -0.510 e. The third-order valence-corrected chi connectivity index (χ3v) is 11.1. The van der Waals surface area contributed by atoms with Gasteiger partial charge in [-0.25, -0.2) is 0 Å². The Morgan fingerprint density at radius 1 is 0.780 bits per heavy atom. The van der Waals surface area contributed by atoms with Crippen LogP contribution in [0.2, 0.25) is 0 Å². The number of carbonyl (C=O) groups excluding carboxylic acids is 1. The summed E-state index contributed by atoms with van der Waals surface area (Å²) >= 11 is 0. The third-order valence-electron chi connectivity index (χ3n) is 9.46. The Bertz CT molecular complexity index is 2140. The molecular formula is C32H36N4O12S2. The number of aliphatic hydroxyl groups is 1. The largest absolute Gasteiger partial charge is 0.510 e. The first-order valence-corrected chi connectivity index (χ1v) is 18.7. The van der Waals surface area contributed by atoms with E-state index in [1.165, 1.54) is 48.6 Å². The van der Waals surface area contributed by atoms with Crippen molar-refractivity contribution >= 4 is 48.8 Å². The summed E-state index contributed by atoms with van der Waals surface area (Å²) < 4.78 is 64.4. The SMILES string of the molecule is CC1(C)/C(=C/C2C(=O)C(/C=C3/N(CCCS(=O)(=O)O)c4ccc([N+](=O)[O-])cc4C3(C)C)=C2O)N(CCCS(=O)(=O)O)c2ccc([N+](=O)[O-])cc21. The Labute approximate surface area is 288 Å². The lowest BCUT2D eigenvalue weighted by molar-refractivity contribution is -0.385. The van der Waals surface area contributed by atoms with E-state index in [0.717, 1.165) is 0 Å². The average molecular weight is 733 g/mol. The summed E-state index contributed by atoms with van der Waals surface area (Å²) in [5, 5.41) is 34.5. The molecular weight excluding hydrogens is 697 g/mol. The van der Waals surface area contributed by atoms with E-state index in [1.54, 1.807) is 37.5 Å². The van der Waals surface area contributed by atoms with Gasteiger partial charge in [0, 0.05) is 71.0 Å². The smallest absolute Gasteiger partial charge is 0.269 e. The van der Waals surface area contributed by atoms with E-state index in [2.05, 4.69) is 0 Å². The summed E-state index contributed by atoms with van der Waals surface area (Å²) in [5.41, 5.74) is 0.843. The number of nitrogens with zero attached hydrogens (tertiary/aromatic N) is 4. The molecule has 0 aromatic heterocycles. The number of anilines is 2. The van der Waals surface area contributed by atoms with Crippen LogP contribution < -0.4 is 9.80 Å². The van der Waals surface area contributed by atoms with Gasteiger partial charge in [0.1, 0.15) is 11.7 Å². The molecule has 1 atom stereocenters. The van der Waals surface area contributed by atoms with Crippen molar-refractivity contribution in [3.05, 3.63) is 103 Å². The van der Waals surface area contributed by atoms with Gasteiger partial charge in [-0.1, -0.05) is 27.7 Å². The lowest BCUT2D eigenvalue weighted by atomic mass is 9.76. The lowest BCUT2D eigenvalue weighted by Gasteiger charge is -2.32. The first-order valence-electron chi connectivity index (χ1n) is 15.5. The molecule has 2 aromatic rings. The van der Waals surface area contributed by atoms with Crippen LogP contribution in [0, 0.1) is 26.1 Å². The number of non-ortho nitro benzene ring substituents is 2. The standard InChI is InChI=1S/C32H36N4O12S2/c1-31(2)23-15-19(35(39)40)7-9-25(23)33(11-5-13-49(43,44)45)27(31)17-21-29(37)22(30(21)38)18-28-32(3,4)24-16-20(36(41)42)8-10-26(24)34(28)12-6-14-50(46,47)48/h7-10,15-18,21,37H,5-6,11-14H2,1-4H3,(H,43,44,45)(H,46,47,48)/b27-17-,28-18+. The lowest BCUT2D eigenvalue weighted by Crippen LogP contribution is -2.35. The van der Waals surface area contributed by atoms with Crippen LogP contribution in [0.25, 0.3) is 0 Å². The first kappa shape index (κ1) is 36.6. The fourth-order valence-corrected chi connectivity index (χ4v) is 7.90. The quantitative estimate of drug-likeness (QED) is 0.152. The molecule has 3 aliphatic rings. The Kier molecular flexibility index (Phi) is 9.23. The maximum atomic E-state index is 13.8. The van der Waals surface area contributed by atoms with Crippen LogP contribution >= 0.6 is 0 Å². The van der Waals surface area contributed by atoms with E-state index in [4.69, 9.17) is 0 Å². The highest BCUT2D eigenvalue weighted by molar-refractivity contribution is 7.86. The first-order chi connectivity index (χ1) is 23.0. The maximum Gasteiger partial charge on any atom is 0.269 e. The van der Waals surface area contributed by atoms with Gasteiger partial charge in [-0.3, -0.25) is 34.1 Å². The number of nitro benzene ring substituents is 2. The normalized spacial score (nSPS) is 21.1. The number of Topliss-reactive ketones (excluding diaryl/α,β-unsaturated/α-hetero) is 1. The van der Waals surface area contributed by atoms with E-state index >= 15 is 0 Å². The van der Waals surface area contributed by atoms with Gasteiger partial charge in [0.2, 0.25) is 0 Å². The third kappa shape index (κ3) is 6.75. The highest BCUT2D eigenvalue weighted by atomic mass is 32.2. The molecule has 0 saturated heterocycles. The molecule has 0 radical (unpaired) electrons. The van der Waals surface area contributed by atoms with Crippen molar-refractivity contribution in [2.75, 3.05) is 34.4 Å². The number of nitro groups is 2. The molecule has 16 nitrogen and oxygen atoms in total. The number of ketones is 1. The molecule has 0 spiro atoms. The molecule has 5 rings (SSSR count). The Morgan fingerprint density at radius 2 is 1.20 bits per heavy atom. The summed E-state index contributed by atoms with van der Waals surface area (Å²) in [4.78, 5) is 39.2. The molecule has 2 aromatic carbocycles. The second-order valence-electron chi connectivity index (χ2n) is 13.5. The Morgan fingerprint density at radius 3 is 1.60 bits per heavy atom. The van der Waals surface area contributed by atoms with E-state index in [9.17, 15) is 56.1 Å². The second-order valence-corrected chi connectivity index (χ2v) is 16.6. The highest BCUT2D eigenvalue weighted by Crippen LogP contribution is 2.52. The monoisotopic (exact) mass is 732 g/mol. The fourth-order valence-electron chi connectivity index (χ4n) is 6.91. The van der Waals surface area contributed by atoms with Crippen LogP contribution in [0.3, 0.4) is 0 Å². The number of hydrogen-bond acceptors (Lipinski definition) is 12. The molecule has 0 bridgehead atoms. The Hall–Kier alpha value is -4.65. The summed E-state index contributed by atoms with van der Waals surface area (Å²) in [5.74, 6) is -3.00. The van der Waals surface area contributed by atoms with Crippen LogP contribution in [0.5, 0.6) is 0 Å².